The van der Waals surface area contributed by atoms with E-state index in [2.05, 4.69) is 12.2 Å². The number of hydrogen-bond acceptors (Lipinski definition) is 2. The maximum Gasteiger partial charge on any atom is 0.123 e. The third-order valence-corrected chi connectivity index (χ3v) is 3.41. The summed E-state index contributed by atoms with van der Waals surface area (Å²) in [5, 5.41) is 12.2. The number of rotatable bonds is 6. The Morgan fingerprint density at radius 2 is 1.70 bits per heavy atom. The minimum Gasteiger partial charge on any atom is -0.396 e. The van der Waals surface area contributed by atoms with Gasteiger partial charge in [-0.2, -0.15) is 0 Å². The van der Waals surface area contributed by atoms with Gasteiger partial charge in [-0.15, -0.1) is 0 Å². The molecule has 106 valence electrons. The van der Waals surface area contributed by atoms with Gasteiger partial charge in [0.1, 0.15) is 5.82 Å². The first-order chi connectivity index (χ1) is 9.69. The smallest absolute Gasteiger partial charge is 0.123 e. The van der Waals surface area contributed by atoms with Crippen LogP contribution in [0, 0.1) is 5.82 Å². The highest BCUT2D eigenvalue weighted by Crippen LogP contribution is 2.17. The Hall–Kier alpha value is -1.87. The first-order valence-corrected chi connectivity index (χ1v) is 6.88. The lowest BCUT2D eigenvalue weighted by Gasteiger charge is -2.14. The molecule has 0 fully saturated rings. The van der Waals surface area contributed by atoms with Gasteiger partial charge in [-0.1, -0.05) is 31.2 Å². The van der Waals surface area contributed by atoms with Gasteiger partial charge in [0, 0.05) is 18.8 Å². The van der Waals surface area contributed by atoms with Crippen molar-refractivity contribution in [2.75, 3.05) is 18.5 Å². The molecule has 1 unspecified atom stereocenters. The fraction of sp³-hybridized carbons (Fsp3) is 0.294. The van der Waals surface area contributed by atoms with Crippen molar-refractivity contribution < 1.29 is 9.50 Å². The SMILES string of the molecule is CC(CNc1ccc(CCO)cc1)c1ccc(F)cc1. The largest absolute Gasteiger partial charge is 0.396 e. The molecular formula is C17H20FNO. The number of hydrogen-bond donors (Lipinski definition) is 2. The minimum absolute atomic E-state index is 0.175. The van der Waals surface area contributed by atoms with Crippen molar-refractivity contribution in [3.63, 3.8) is 0 Å². The number of aliphatic hydroxyl groups excluding tert-OH is 1. The van der Waals surface area contributed by atoms with E-state index >= 15 is 0 Å². The van der Waals surface area contributed by atoms with Gasteiger partial charge >= 0.3 is 0 Å². The summed E-state index contributed by atoms with van der Waals surface area (Å²) in [5.41, 5.74) is 3.31. The molecule has 0 aromatic heterocycles. The van der Waals surface area contributed by atoms with Crippen molar-refractivity contribution in [1.82, 2.24) is 0 Å². The fourth-order valence-electron chi connectivity index (χ4n) is 2.10. The van der Waals surface area contributed by atoms with Crippen LogP contribution < -0.4 is 5.32 Å². The molecule has 20 heavy (non-hydrogen) atoms. The normalized spacial score (nSPS) is 12.2. The highest BCUT2D eigenvalue weighted by atomic mass is 19.1. The van der Waals surface area contributed by atoms with E-state index < -0.39 is 0 Å². The lowest BCUT2D eigenvalue weighted by Crippen LogP contribution is -2.09. The quantitative estimate of drug-likeness (QED) is 0.843. The van der Waals surface area contributed by atoms with Crippen molar-refractivity contribution in [2.45, 2.75) is 19.3 Å². The van der Waals surface area contributed by atoms with E-state index in [4.69, 9.17) is 5.11 Å². The van der Waals surface area contributed by atoms with E-state index in [1.807, 2.05) is 36.4 Å². The Balaban J connectivity index is 1.89. The molecule has 0 aliphatic rings. The van der Waals surface area contributed by atoms with Gasteiger partial charge in [0.2, 0.25) is 0 Å². The van der Waals surface area contributed by atoms with Crippen molar-refractivity contribution in [3.05, 3.63) is 65.5 Å². The second kappa shape index (κ2) is 7.06. The maximum absolute atomic E-state index is 12.9. The number of halogens is 1. The molecule has 2 aromatic rings. The van der Waals surface area contributed by atoms with Crippen molar-refractivity contribution in [2.24, 2.45) is 0 Å². The van der Waals surface area contributed by atoms with E-state index in [9.17, 15) is 4.39 Å². The van der Waals surface area contributed by atoms with Gasteiger partial charge in [-0.25, -0.2) is 4.39 Å². The standard InChI is InChI=1S/C17H20FNO/c1-13(15-4-6-16(18)7-5-15)12-19-17-8-2-14(3-9-17)10-11-20/h2-9,13,19-20H,10-12H2,1H3. The third kappa shape index (κ3) is 4.07. The Bertz CT molecular complexity index is 522. The van der Waals surface area contributed by atoms with Crippen molar-refractivity contribution in [3.8, 4) is 0 Å². The summed E-state index contributed by atoms with van der Waals surface area (Å²) in [7, 11) is 0. The van der Waals surface area contributed by atoms with Crippen molar-refractivity contribution in [1.29, 1.82) is 0 Å². The maximum atomic E-state index is 12.9. The Morgan fingerprint density at radius 3 is 2.30 bits per heavy atom. The van der Waals surface area contributed by atoms with E-state index in [0.29, 0.717) is 12.3 Å². The number of benzene rings is 2. The molecular weight excluding hydrogens is 253 g/mol. The van der Waals surface area contributed by atoms with E-state index in [0.717, 1.165) is 23.4 Å². The fourth-order valence-corrected chi connectivity index (χ4v) is 2.10. The monoisotopic (exact) mass is 273 g/mol. The molecule has 0 aliphatic carbocycles. The topological polar surface area (TPSA) is 32.3 Å². The molecule has 0 bridgehead atoms. The Kier molecular flexibility index (Phi) is 5.13. The summed E-state index contributed by atoms with van der Waals surface area (Å²) in [6.45, 7) is 3.08. The van der Waals surface area contributed by atoms with Gasteiger partial charge < -0.3 is 10.4 Å². The molecule has 0 amide bonds. The van der Waals surface area contributed by atoms with Crippen LogP contribution in [-0.4, -0.2) is 18.3 Å². The van der Waals surface area contributed by atoms with Crippen LogP contribution in [0.15, 0.2) is 48.5 Å². The van der Waals surface area contributed by atoms with Crippen LogP contribution in [0.1, 0.15) is 24.0 Å². The molecule has 0 spiro atoms. The average molecular weight is 273 g/mol. The van der Waals surface area contributed by atoms with Crippen molar-refractivity contribution >= 4 is 5.69 Å². The Labute approximate surface area is 119 Å². The van der Waals surface area contributed by atoms with Crippen LogP contribution in [0.4, 0.5) is 10.1 Å². The van der Waals surface area contributed by atoms with Crippen LogP contribution in [0.3, 0.4) is 0 Å². The van der Waals surface area contributed by atoms with Crippen LogP contribution in [0.2, 0.25) is 0 Å². The molecule has 2 aromatic carbocycles. The lowest BCUT2D eigenvalue weighted by molar-refractivity contribution is 0.299. The predicted molar refractivity (Wildman–Crippen MR) is 80.5 cm³/mol. The first kappa shape index (κ1) is 14.5. The Morgan fingerprint density at radius 1 is 1.05 bits per heavy atom. The summed E-state index contributed by atoms with van der Waals surface area (Å²) in [6.07, 6.45) is 0.687. The zero-order chi connectivity index (χ0) is 14.4. The highest BCUT2D eigenvalue weighted by molar-refractivity contribution is 5.45. The summed E-state index contributed by atoms with van der Waals surface area (Å²) in [6, 6.07) is 14.7. The molecule has 1 atom stereocenters. The van der Waals surface area contributed by atoms with Crippen LogP contribution >= 0.6 is 0 Å². The van der Waals surface area contributed by atoms with Crippen LogP contribution in [0.5, 0.6) is 0 Å². The zero-order valence-corrected chi connectivity index (χ0v) is 11.6. The van der Waals surface area contributed by atoms with Crippen LogP contribution in [0.25, 0.3) is 0 Å². The summed E-state index contributed by atoms with van der Waals surface area (Å²) < 4.78 is 12.9. The summed E-state index contributed by atoms with van der Waals surface area (Å²) in [5.74, 6) is 0.112. The first-order valence-electron chi connectivity index (χ1n) is 6.88. The van der Waals surface area contributed by atoms with Gasteiger partial charge in [0.15, 0.2) is 0 Å². The molecule has 0 radical (unpaired) electrons. The van der Waals surface area contributed by atoms with E-state index in [-0.39, 0.29) is 12.4 Å². The highest BCUT2D eigenvalue weighted by Gasteiger charge is 2.05. The molecule has 2 N–H and O–H groups in total. The molecule has 0 aliphatic heterocycles. The lowest BCUT2D eigenvalue weighted by atomic mass is 10.0. The zero-order valence-electron chi connectivity index (χ0n) is 11.6. The predicted octanol–water partition coefficient (Wildman–Crippen LogP) is 3.58. The molecule has 3 heteroatoms. The molecule has 2 nitrogen and oxygen atoms in total. The van der Waals surface area contributed by atoms with Gasteiger partial charge in [0.05, 0.1) is 0 Å². The average Bonchev–Trinajstić information content (AvgIpc) is 2.47. The number of nitrogens with one attached hydrogen (secondary N) is 1. The molecule has 2 rings (SSSR count). The van der Waals surface area contributed by atoms with E-state index in [1.54, 1.807) is 0 Å². The third-order valence-electron chi connectivity index (χ3n) is 3.41. The van der Waals surface area contributed by atoms with Gasteiger partial charge in [0.25, 0.3) is 0 Å². The minimum atomic E-state index is -0.201. The summed E-state index contributed by atoms with van der Waals surface area (Å²) in [4.78, 5) is 0. The van der Waals surface area contributed by atoms with Gasteiger partial charge in [-0.05, 0) is 47.7 Å². The molecule has 0 saturated carbocycles. The second-order valence-electron chi connectivity index (χ2n) is 5.00. The second-order valence-corrected chi connectivity index (χ2v) is 5.00. The number of aliphatic hydroxyl groups is 1. The summed E-state index contributed by atoms with van der Waals surface area (Å²) >= 11 is 0. The van der Waals surface area contributed by atoms with Crippen LogP contribution in [-0.2, 0) is 6.42 Å². The van der Waals surface area contributed by atoms with Gasteiger partial charge in [-0.3, -0.25) is 0 Å². The molecule has 0 saturated heterocycles. The van der Waals surface area contributed by atoms with E-state index in [1.165, 1.54) is 12.1 Å². The number of anilines is 1. The molecule has 0 heterocycles.